The number of amides is 1. The lowest BCUT2D eigenvalue weighted by Crippen LogP contribution is -2.22. The molecule has 0 saturated heterocycles. The van der Waals surface area contributed by atoms with Gasteiger partial charge in [0.1, 0.15) is 5.69 Å². The van der Waals surface area contributed by atoms with Gasteiger partial charge < -0.3 is 15.5 Å². The number of hydrogen-bond acceptors (Lipinski definition) is 5. The molecule has 31 heavy (non-hydrogen) atoms. The predicted molar refractivity (Wildman–Crippen MR) is 113 cm³/mol. The third-order valence-corrected chi connectivity index (χ3v) is 4.84. The van der Waals surface area contributed by atoms with Crippen LogP contribution >= 0.6 is 0 Å². The zero-order valence-corrected chi connectivity index (χ0v) is 17.9. The zero-order chi connectivity index (χ0) is 23.0. The molecular weight excluding hydrogens is 406 g/mol. The third kappa shape index (κ3) is 5.42. The molecule has 0 bridgehead atoms. The largest absolute Gasteiger partial charge is 0.390 e. The molecule has 2 aromatic heterocycles. The molecule has 0 aliphatic rings. The Bertz CT molecular complexity index is 1100. The summed E-state index contributed by atoms with van der Waals surface area (Å²) in [6.45, 7) is 7.01. The SMILES string of the molecule is CC(C)(O)CCn1cc2cc(NC(=O)c3ncccc3C(F)F)c(C(C)(C)O)cc2n1. The van der Waals surface area contributed by atoms with Gasteiger partial charge >= 0.3 is 0 Å². The van der Waals surface area contributed by atoms with Crippen molar-refractivity contribution in [1.29, 1.82) is 0 Å². The van der Waals surface area contributed by atoms with E-state index >= 15 is 0 Å². The van der Waals surface area contributed by atoms with Crippen LogP contribution in [0.4, 0.5) is 14.5 Å². The van der Waals surface area contributed by atoms with Crippen LogP contribution < -0.4 is 5.32 Å². The van der Waals surface area contributed by atoms with Gasteiger partial charge in [0.2, 0.25) is 0 Å². The van der Waals surface area contributed by atoms with Gasteiger partial charge in [-0.1, -0.05) is 0 Å². The highest BCUT2D eigenvalue weighted by molar-refractivity contribution is 6.05. The molecule has 3 N–H and O–H groups in total. The van der Waals surface area contributed by atoms with Crippen LogP contribution in [0, 0.1) is 0 Å². The minimum atomic E-state index is -2.85. The maximum absolute atomic E-state index is 13.3. The summed E-state index contributed by atoms with van der Waals surface area (Å²) in [5.74, 6) is -0.796. The Hall–Kier alpha value is -2.91. The number of carbonyl (C=O) groups excluding carboxylic acids is 1. The summed E-state index contributed by atoms with van der Waals surface area (Å²) in [7, 11) is 0. The predicted octanol–water partition coefficient (Wildman–Crippen LogP) is 4.01. The molecule has 0 unspecified atom stereocenters. The molecule has 9 heteroatoms. The molecule has 1 amide bonds. The van der Waals surface area contributed by atoms with Crippen molar-refractivity contribution in [3.05, 3.63) is 53.5 Å². The normalized spacial score (nSPS) is 12.5. The number of nitrogens with zero attached hydrogens (tertiary/aromatic N) is 3. The summed E-state index contributed by atoms with van der Waals surface area (Å²) >= 11 is 0. The van der Waals surface area contributed by atoms with E-state index in [2.05, 4.69) is 15.4 Å². The molecule has 0 aliphatic heterocycles. The summed E-state index contributed by atoms with van der Waals surface area (Å²) in [5, 5.41) is 28.3. The van der Waals surface area contributed by atoms with Crippen molar-refractivity contribution in [3.8, 4) is 0 Å². The van der Waals surface area contributed by atoms with Gasteiger partial charge in [-0.3, -0.25) is 14.5 Å². The maximum Gasteiger partial charge on any atom is 0.274 e. The van der Waals surface area contributed by atoms with E-state index in [0.717, 1.165) is 6.07 Å². The first kappa shape index (κ1) is 22.8. The van der Waals surface area contributed by atoms with Crippen LogP contribution in [-0.2, 0) is 12.1 Å². The number of nitrogens with one attached hydrogen (secondary N) is 1. The summed E-state index contributed by atoms with van der Waals surface area (Å²) in [5.41, 5.74) is -1.76. The van der Waals surface area contributed by atoms with E-state index in [9.17, 15) is 23.8 Å². The number of hydrogen-bond donors (Lipinski definition) is 3. The van der Waals surface area contributed by atoms with Gasteiger partial charge in [-0.25, -0.2) is 8.78 Å². The zero-order valence-electron chi connectivity index (χ0n) is 17.9. The number of aromatic nitrogens is 3. The summed E-state index contributed by atoms with van der Waals surface area (Å²) in [6.07, 6.45) is 0.669. The maximum atomic E-state index is 13.3. The molecule has 0 aliphatic carbocycles. The lowest BCUT2D eigenvalue weighted by molar-refractivity contribution is 0.0651. The van der Waals surface area contributed by atoms with E-state index < -0.39 is 29.1 Å². The van der Waals surface area contributed by atoms with Crippen LogP contribution in [0.5, 0.6) is 0 Å². The number of pyridine rings is 1. The Morgan fingerprint density at radius 3 is 2.55 bits per heavy atom. The number of alkyl halides is 2. The molecule has 2 heterocycles. The van der Waals surface area contributed by atoms with Gasteiger partial charge in [0, 0.05) is 41.1 Å². The average Bonchev–Trinajstić information content (AvgIpc) is 3.06. The number of aryl methyl sites for hydroxylation is 1. The second-order valence-electron chi connectivity index (χ2n) is 8.67. The molecule has 3 rings (SSSR count). The molecule has 0 atom stereocenters. The topological polar surface area (TPSA) is 100 Å². The second-order valence-corrected chi connectivity index (χ2v) is 8.67. The Kier molecular flexibility index (Phi) is 6.11. The minimum absolute atomic E-state index is 0.276. The number of rotatable bonds is 7. The summed E-state index contributed by atoms with van der Waals surface area (Å²) < 4.78 is 28.2. The van der Waals surface area contributed by atoms with Crippen LogP contribution in [0.1, 0.15) is 62.2 Å². The Balaban J connectivity index is 1.99. The monoisotopic (exact) mass is 432 g/mol. The first-order valence-corrected chi connectivity index (χ1v) is 9.86. The van der Waals surface area contributed by atoms with E-state index in [4.69, 9.17) is 0 Å². The Morgan fingerprint density at radius 2 is 1.94 bits per heavy atom. The van der Waals surface area contributed by atoms with Gasteiger partial charge in [-0.2, -0.15) is 5.10 Å². The highest BCUT2D eigenvalue weighted by atomic mass is 19.3. The van der Waals surface area contributed by atoms with Gasteiger partial charge in [-0.05, 0) is 58.4 Å². The summed E-state index contributed by atoms with van der Waals surface area (Å²) in [6, 6.07) is 5.78. The number of halogens is 2. The van der Waals surface area contributed by atoms with Gasteiger partial charge in [0.05, 0.1) is 16.7 Å². The Labute approximate surface area is 178 Å². The second kappa shape index (κ2) is 8.32. The quantitative estimate of drug-likeness (QED) is 0.524. The van der Waals surface area contributed by atoms with Crippen molar-refractivity contribution in [2.75, 3.05) is 5.32 Å². The number of benzene rings is 1. The smallest absolute Gasteiger partial charge is 0.274 e. The van der Waals surface area contributed by atoms with Crippen molar-refractivity contribution in [1.82, 2.24) is 14.8 Å². The highest BCUT2D eigenvalue weighted by Gasteiger charge is 2.25. The fraction of sp³-hybridized carbons (Fsp3) is 0.409. The number of anilines is 1. The highest BCUT2D eigenvalue weighted by Crippen LogP contribution is 2.32. The third-order valence-electron chi connectivity index (χ3n) is 4.84. The van der Waals surface area contributed by atoms with Crippen LogP contribution in [0.3, 0.4) is 0 Å². The molecule has 166 valence electrons. The van der Waals surface area contributed by atoms with E-state index in [1.807, 2.05) is 0 Å². The van der Waals surface area contributed by atoms with Crippen LogP contribution in [0.15, 0.2) is 36.7 Å². The molecule has 0 fully saturated rings. The van der Waals surface area contributed by atoms with Crippen molar-refractivity contribution in [2.45, 2.75) is 58.3 Å². The van der Waals surface area contributed by atoms with E-state index in [1.165, 1.54) is 12.3 Å². The van der Waals surface area contributed by atoms with E-state index in [0.29, 0.717) is 29.4 Å². The van der Waals surface area contributed by atoms with E-state index in [-0.39, 0.29) is 11.4 Å². The lowest BCUT2D eigenvalue weighted by Gasteiger charge is -2.22. The summed E-state index contributed by atoms with van der Waals surface area (Å²) in [4.78, 5) is 16.5. The Morgan fingerprint density at radius 1 is 1.23 bits per heavy atom. The van der Waals surface area contributed by atoms with Crippen LogP contribution in [0.2, 0.25) is 0 Å². The average molecular weight is 432 g/mol. The lowest BCUT2D eigenvalue weighted by atomic mass is 9.95. The molecule has 1 aromatic carbocycles. The molecular formula is C22H26F2N4O3. The molecule has 0 saturated carbocycles. The molecule has 3 aromatic rings. The van der Waals surface area contributed by atoms with Crippen LogP contribution in [0.25, 0.3) is 10.9 Å². The first-order chi connectivity index (χ1) is 14.3. The first-order valence-electron chi connectivity index (χ1n) is 9.86. The van der Waals surface area contributed by atoms with Crippen molar-refractivity contribution in [2.24, 2.45) is 0 Å². The van der Waals surface area contributed by atoms with Gasteiger partial charge in [0.25, 0.3) is 12.3 Å². The fourth-order valence-corrected chi connectivity index (χ4v) is 3.20. The fourth-order valence-electron chi connectivity index (χ4n) is 3.20. The van der Waals surface area contributed by atoms with Gasteiger partial charge in [-0.15, -0.1) is 0 Å². The van der Waals surface area contributed by atoms with Crippen molar-refractivity contribution < 1.29 is 23.8 Å². The standard InChI is InChI=1S/C22H26F2N4O3/c1-21(2,30)7-9-28-12-13-10-17(15(22(3,4)31)11-16(13)27-28)26-20(29)18-14(19(23)24)6-5-8-25-18/h5-6,8,10-12,19,30-31H,7,9H2,1-4H3,(H,26,29). The van der Waals surface area contributed by atoms with Crippen molar-refractivity contribution in [3.63, 3.8) is 0 Å². The number of carbonyl (C=O) groups is 1. The molecule has 0 spiro atoms. The number of fused-ring (bicyclic) bond motifs is 1. The van der Waals surface area contributed by atoms with E-state index in [1.54, 1.807) is 50.7 Å². The van der Waals surface area contributed by atoms with Crippen LogP contribution in [-0.4, -0.2) is 36.5 Å². The molecule has 0 radical (unpaired) electrons. The minimum Gasteiger partial charge on any atom is -0.390 e. The van der Waals surface area contributed by atoms with Crippen molar-refractivity contribution >= 4 is 22.5 Å². The van der Waals surface area contributed by atoms with Gasteiger partial charge in [0.15, 0.2) is 0 Å². The number of aliphatic hydroxyl groups is 2. The molecule has 7 nitrogen and oxygen atoms in total.